The first-order valence-electron chi connectivity index (χ1n) is 17.3. The fraction of sp³-hybridized carbons (Fsp3) is 0.432. The molecule has 4 N–H and O–H groups in total. The highest BCUT2D eigenvalue weighted by atomic mass is 31.2. The van der Waals surface area contributed by atoms with Gasteiger partial charge in [-0.2, -0.15) is 4.39 Å². The topological polar surface area (TPSA) is 161 Å². The van der Waals surface area contributed by atoms with Crippen LogP contribution in [0.5, 0.6) is 5.75 Å². The molecule has 278 valence electrons. The van der Waals surface area contributed by atoms with Gasteiger partial charge in [0.15, 0.2) is 0 Å². The molecule has 1 aliphatic heterocycles. The second kappa shape index (κ2) is 23.4. The van der Waals surface area contributed by atoms with Gasteiger partial charge in [0.05, 0.1) is 18.9 Å². The molecule has 4 atom stereocenters. The van der Waals surface area contributed by atoms with Gasteiger partial charge >= 0.3 is 13.4 Å². The number of unbranched alkanes of at least 4 members (excludes halogenated alkanes) is 1. The predicted octanol–water partition coefficient (Wildman–Crippen LogP) is 6.16. The minimum atomic E-state index is -4.04. The summed E-state index contributed by atoms with van der Waals surface area (Å²) in [6, 6.07) is 8.31. The fourth-order valence-corrected chi connectivity index (χ4v) is 6.18. The van der Waals surface area contributed by atoms with Gasteiger partial charge in [0.2, 0.25) is 11.7 Å². The number of amides is 1. The number of nitrogens with zero attached hydrogens (tertiary/aromatic N) is 1. The van der Waals surface area contributed by atoms with Gasteiger partial charge in [0.25, 0.3) is 5.56 Å². The summed E-state index contributed by atoms with van der Waals surface area (Å²) in [5, 5.41) is 16.0. The normalized spacial score (nSPS) is 19.2. The number of aliphatic hydroxyl groups is 1. The van der Waals surface area contributed by atoms with Gasteiger partial charge in [-0.25, -0.2) is 14.4 Å². The fourth-order valence-electron chi connectivity index (χ4n) is 4.84. The Morgan fingerprint density at radius 2 is 1.63 bits per heavy atom. The molecule has 1 fully saturated rings. The van der Waals surface area contributed by atoms with Crippen molar-refractivity contribution < 1.29 is 32.6 Å². The molecule has 1 aromatic heterocycles. The summed E-state index contributed by atoms with van der Waals surface area (Å²) in [5.74, 6) is -1.07. The Kier molecular flexibility index (Phi) is 18.9. The van der Waals surface area contributed by atoms with Crippen molar-refractivity contribution in [3.63, 3.8) is 0 Å². The Hall–Kier alpha value is -4.13. The number of H-pyrrole nitrogens is 1. The van der Waals surface area contributed by atoms with Crippen molar-refractivity contribution in [2.75, 3.05) is 19.7 Å². The molecule has 14 heteroatoms. The van der Waals surface area contributed by atoms with Crippen molar-refractivity contribution in [2.45, 2.75) is 83.1 Å². The van der Waals surface area contributed by atoms with E-state index in [0.29, 0.717) is 19.0 Å². The van der Waals surface area contributed by atoms with E-state index in [1.54, 1.807) is 30.3 Å². The summed E-state index contributed by atoms with van der Waals surface area (Å²) in [7, 11) is -4.04. The van der Waals surface area contributed by atoms with E-state index < -0.39 is 49.9 Å². The lowest BCUT2D eigenvalue weighted by Crippen LogP contribution is -2.34. The van der Waals surface area contributed by atoms with Crippen LogP contribution in [0.4, 0.5) is 4.39 Å². The zero-order valence-electron chi connectivity index (χ0n) is 29.0. The lowest BCUT2D eigenvalue weighted by Gasteiger charge is -2.23. The Labute approximate surface area is 298 Å². The Morgan fingerprint density at radius 1 is 1.00 bits per heavy atom. The molecule has 2 aromatic rings. The highest BCUT2D eigenvalue weighted by molar-refractivity contribution is 7.52. The summed E-state index contributed by atoms with van der Waals surface area (Å²) in [6.45, 7) is 1.92. The molecule has 0 aliphatic carbocycles. The van der Waals surface area contributed by atoms with E-state index in [1.165, 1.54) is 0 Å². The van der Waals surface area contributed by atoms with Crippen molar-refractivity contribution in [3.05, 3.63) is 124 Å². The second-order valence-corrected chi connectivity index (χ2v) is 13.4. The number of aliphatic hydroxyl groups excluding tert-OH is 1. The van der Waals surface area contributed by atoms with E-state index in [9.17, 15) is 28.4 Å². The quantitative estimate of drug-likeness (QED) is 0.0597. The number of rotatable bonds is 23. The van der Waals surface area contributed by atoms with Gasteiger partial charge in [0.1, 0.15) is 18.1 Å². The number of para-hydroxylation sites is 1. The average Bonchev–Trinajstić information content (AvgIpc) is 3.49. The van der Waals surface area contributed by atoms with E-state index >= 15 is 0 Å². The molecule has 1 amide bonds. The molecule has 0 bridgehead atoms. The first-order valence-corrected chi connectivity index (χ1v) is 18.9. The van der Waals surface area contributed by atoms with E-state index in [2.05, 4.69) is 78.1 Å². The van der Waals surface area contributed by atoms with E-state index in [4.69, 9.17) is 13.8 Å². The molecule has 1 aromatic carbocycles. The van der Waals surface area contributed by atoms with Crippen LogP contribution in [0.15, 0.2) is 107 Å². The first kappa shape index (κ1) is 41.3. The van der Waals surface area contributed by atoms with Crippen LogP contribution in [0.25, 0.3) is 0 Å². The van der Waals surface area contributed by atoms with Gasteiger partial charge in [-0.1, -0.05) is 85.9 Å². The van der Waals surface area contributed by atoms with Gasteiger partial charge in [0, 0.05) is 25.9 Å². The zero-order chi connectivity index (χ0) is 36.7. The number of hydrogen-bond acceptors (Lipinski definition) is 8. The molecule has 2 unspecified atom stereocenters. The number of ether oxygens (including phenoxy) is 1. The Balaban J connectivity index is 1.35. The molecule has 1 aliphatic rings. The second-order valence-electron chi connectivity index (χ2n) is 11.6. The van der Waals surface area contributed by atoms with Crippen molar-refractivity contribution in [3.8, 4) is 5.75 Å². The molecular weight excluding hydrogens is 678 g/mol. The lowest BCUT2D eigenvalue weighted by molar-refractivity contribution is -0.121. The highest BCUT2D eigenvalue weighted by Crippen LogP contribution is 2.45. The Morgan fingerprint density at radius 3 is 2.27 bits per heavy atom. The maximum absolute atomic E-state index is 13.8. The summed E-state index contributed by atoms with van der Waals surface area (Å²) >= 11 is 0. The Bertz CT molecular complexity index is 1650. The molecule has 0 spiro atoms. The van der Waals surface area contributed by atoms with Crippen LogP contribution < -0.4 is 26.2 Å². The number of aromatic nitrogens is 2. The standard InChI is InChI=1S/C37H50FN4O8P/c1-2-3-4-5-6-7-8-9-10-11-12-13-14-15-16-17-21-24-34(44)39-25-26-40-51(47,50-30-22-19-18-20-23-30)48-29-33-32(43)27-35(49-33)42-28-31(38)36(45)41-37(42)46/h3-4,6-7,9-10,12-13,15-16,18-20,22-23,28,32-33,35,43H,2,5,8,11,14,17,21,24-27,29H2,1H3,(H,39,44)(H,40,47)(H,41,45,46)/b4-3-,7-6-,10-9-,13-12-,16-15-/t32-,33+,35?,51?/m0/s1. The van der Waals surface area contributed by atoms with Crippen LogP contribution in [-0.4, -0.2) is 52.5 Å². The minimum absolute atomic E-state index is 0.0490. The average molecular weight is 729 g/mol. The monoisotopic (exact) mass is 728 g/mol. The van der Waals surface area contributed by atoms with E-state index in [1.807, 2.05) is 4.98 Å². The van der Waals surface area contributed by atoms with Gasteiger partial charge in [-0.3, -0.25) is 23.7 Å². The van der Waals surface area contributed by atoms with Crippen LogP contribution in [0.1, 0.15) is 70.9 Å². The number of nitrogens with one attached hydrogen (secondary N) is 3. The molecule has 3 rings (SSSR count). The smallest absolute Gasteiger partial charge is 0.413 e. The molecule has 1 saturated heterocycles. The van der Waals surface area contributed by atoms with Crippen LogP contribution >= 0.6 is 7.75 Å². The zero-order valence-corrected chi connectivity index (χ0v) is 29.9. The van der Waals surface area contributed by atoms with Crippen molar-refractivity contribution in [1.82, 2.24) is 20.0 Å². The lowest BCUT2D eigenvalue weighted by atomic mass is 10.2. The summed E-state index contributed by atoms with van der Waals surface area (Å²) < 4.78 is 45.2. The minimum Gasteiger partial charge on any atom is -0.413 e. The molecule has 2 heterocycles. The number of carbonyl (C=O) groups excluding carboxylic acids is 1. The summed E-state index contributed by atoms with van der Waals surface area (Å²) in [5.41, 5.74) is -2.08. The molecule has 0 saturated carbocycles. The third kappa shape index (κ3) is 16.2. The van der Waals surface area contributed by atoms with Gasteiger partial charge in [-0.05, 0) is 57.1 Å². The van der Waals surface area contributed by atoms with Crippen LogP contribution in [0, 0.1) is 5.82 Å². The maximum Gasteiger partial charge on any atom is 0.458 e. The maximum atomic E-state index is 13.8. The summed E-state index contributed by atoms with van der Waals surface area (Å²) in [4.78, 5) is 37.7. The third-order valence-electron chi connectivity index (χ3n) is 7.50. The van der Waals surface area contributed by atoms with Crippen LogP contribution in [-0.2, 0) is 18.6 Å². The number of allylic oxidation sites excluding steroid dienone is 10. The van der Waals surface area contributed by atoms with Crippen LogP contribution in [0.2, 0.25) is 0 Å². The highest BCUT2D eigenvalue weighted by Gasteiger charge is 2.38. The van der Waals surface area contributed by atoms with Crippen molar-refractivity contribution in [1.29, 1.82) is 0 Å². The van der Waals surface area contributed by atoms with Crippen molar-refractivity contribution in [2.24, 2.45) is 0 Å². The largest absolute Gasteiger partial charge is 0.458 e. The molecule has 51 heavy (non-hydrogen) atoms. The number of benzene rings is 1. The first-order chi connectivity index (χ1) is 24.7. The number of carbonyl (C=O) groups is 1. The van der Waals surface area contributed by atoms with Gasteiger partial charge < -0.3 is 19.7 Å². The molecular formula is C37H50FN4O8P. The van der Waals surface area contributed by atoms with Crippen LogP contribution in [0.3, 0.4) is 0 Å². The predicted molar refractivity (Wildman–Crippen MR) is 196 cm³/mol. The number of hydrogen-bond donors (Lipinski definition) is 4. The van der Waals surface area contributed by atoms with E-state index in [-0.39, 0.29) is 31.2 Å². The molecule has 12 nitrogen and oxygen atoms in total. The van der Waals surface area contributed by atoms with E-state index in [0.717, 1.165) is 43.1 Å². The number of aromatic amines is 1. The van der Waals surface area contributed by atoms with Gasteiger partial charge in [-0.15, -0.1) is 0 Å². The number of halogens is 1. The summed E-state index contributed by atoms with van der Waals surface area (Å²) in [6.07, 6.45) is 25.2. The molecule has 0 radical (unpaired) electrons. The SMILES string of the molecule is CC/C=C\C/C=C\C/C=C\C/C=C\C/C=C\CCCC(=O)NCCNP(=O)(OC[C@H]1OC(n2cc(F)c(=O)[nH]c2=O)C[C@@H]1O)Oc1ccccc1. The third-order valence-corrected chi connectivity index (χ3v) is 9.05. The van der Waals surface area contributed by atoms with Crippen molar-refractivity contribution >= 4 is 13.7 Å².